The van der Waals surface area contributed by atoms with E-state index in [1.165, 1.54) is 0 Å². The van der Waals surface area contributed by atoms with Crippen molar-refractivity contribution in [1.82, 2.24) is 5.32 Å². The Labute approximate surface area is 178 Å². The van der Waals surface area contributed by atoms with Crippen molar-refractivity contribution in [1.29, 1.82) is 0 Å². The maximum absolute atomic E-state index is 6.19. The smallest absolute Gasteiger partial charge is 0.175 e. The van der Waals surface area contributed by atoms with E-state index in [2.05, 4.69) is 21.2 Å². The Morgan fingerprint density at radius 3 is 2.54 bits per heavy atom. The van der Waals surface area contributed by atoms with E-state index >= 15 is 0 Å². The van der Waals surface area contributed by atoms with E-state index in [0.29, 0.717) is 41.3 Å². The first-order valence-corrected chi connectivity index (χ1v) is 9.22. The minimum absolute atomic E-state index is 0. The molecule has 2 rings (SSSR count). The molecular formula is C18H21BrCl3NO3. The number of methoxy groups -OCH3 is 2. The fourth-order valence-corrected chi connectivity index (χ4v) is 3.28. The van der Waals surface area contributed by atoms with Crippen LogP contribution in [0.5, 0.6) is 11.5 Å². The number of ether oxygens (including phenoxy) is 3. The maximum Gasteiger partial charge on any atom is 0.175 e. The summed E-state index contributed by atoms with van der Waals surface area (Å²) >= 11 is 15.7. The van der Waals surface area contributed by atoms with Gasteiger partial charge < -0.3 is 19.5 Å². The molecule has 0 aliphatic carbocycles. The summed E-state index contributed by atoms with van der Waals surface area (Å²) in [7, 11) is 3.30. The zero-order valence-corrected chi connectivity index (χ0v) is 18.4. The standard InChI is InChI=1S/C18H20BrCl2NO3.ClH/c1-23-6-5-22-10-12-7-15(19)18(17(8-12)24-2)25-11-13-3-4-14(20)9-16(13)21;/h3-4,7-9,22H,5-6,10-11H2,1-2H3;1H. The minimum Gasteiger partial charge on any atom is -0.493 e. The molecule has 0 amide bonds. The maximum atomic E-state index is 6.19. The molecule has 144 valence electrons. The van der Waals surface area contributed by atoms with Crippen LogP contribution in [0.15, 0.2) is 34.8 Å². The van der Waals surface area contributed by atoms with Crippen LogP contribution in [0.3, 0.4) is 0 Å². The van der Waals surface area contributed by atoms with Crippen molar-refractivity contribution in [2.75, 3.05) is 27.4 Å². The van der Waals surface area contributed by atoms with E-state index in [9.17, 15) is 0 Å². The van der Waals surface area contributed by atoms with Gasteiger partial charge in [0.1, 0.15) is 6.61 Å². The number of rotatable bonds is 9. The SMILES string of the molecule is COCCNCc1cc(Br)c(OCc2ccc(Cl)cc2Cl)c(OC)c1.Cl. The van der Waals surface area contributed by atoms with Gasteiger partial charge in [-0.15, -0.1) is 12.4 Å². The highest BCUT2D eigenvalue weighted by atomic mass is 79.9. The molecule has 2 aromatic rings. The Morgan fingerprint density at radius 2 is 1.88 bits per heavy atom. The Kier molecular flexibility index (Phi) is 10.7. The van der Waals surface area contributed by atoms with Crippen molar-refractivity contribution in [3.05, 3.63) is 56.0 Å². The van der Waals surface area contributed by atoms with Crippen molar-refractivity contribution in [2.45, 2.75) is 13.2 Å². The summed E-state index contributed by atoms with van der Waals surface area (Å²) in [5.41, 5.74) is 1.93. The average Bonchev–Trinajstić information content (AvgIpc) is 2.58. The lowest BCUT2D eigenvalue weighted by molar-refractivity contribution is 0.199. The predicted octanol–water partition coefficient (Wildman–Crippen LogP) is 5.50. The lowest BCUT2D eigenvalue weighted by Gasteiger charge is -2.15. The van der Waals surface area contributed by atoms with Crippen LogP contribution in [0.4, 0.5) is 0 Å². The van der Waals surface area contributed by atoms with E-state index < -0.39 is 0 Å². The summed E-state index contributed by atoms with van der Waals surface area (Å²) < 4.78 is 17.2. The van der Waals surface area contributed by atoms with E-state index in [0.717, 1.165) is 22.1 Å². The molecule has 0 fully saturated rings. The Hall–Kier alpha value is -0.690. The van der Waals surface area contributed by atoms with E-state index in [-0.39, 0.29) is 12.4 Å². The van der Waals surface area contributed by atoms with Crippen molar-refractivity contribution in [2.24, 2.45) is 0 Å². The van der Waals surface area contributed by atoms with E-state index in [1.54, 1.807) is 26.4 Å². The van der Waals surface area contributed by atoms with Crippen LogP contribution < -0.4 is 14.8 Å². The van der Waals surface area contributed by atoms with E-state index in [4.69, 9.17) is 37.4 Å². The first kappa shape index (κ1) is 23.3. The van der Waals surface area contributed by atoms with Gasteiger partial charge in [-0.05, 0) is 45.8 Å². The van der Waals surface area contributed by atoms with Gasteiger partial charge in [-0.2, -0.15) is 0 Å². The third-order valence-electron chi connectivity index (χ3n) is 3.49. The fraction of sp³-hybridized carbons (Fsp3) is 0.333. The minimum atomic E-state index is 0. The Bertz CT molecular complexity index is 716. The molecule has 0 saturated heterocycles. The average molecular weight is 486 g/mol. The zero-order valence-electron chi connectivity index (χ0n) is 14.5. The van der Waals surface area contributed by atoms with Gasteiger partial charge in [-0.1, -0.05) is 29.3 Å². The number of halogens is 4. The van der Waals surface area contributed by atoms with Gasteiger partial charge in [-0.3, -0.25) is 0 Å². The van der Waals surface area contributed by atoms with Gasteiger partial charge in [0, 0.05) is 35.8 Å². The van der Waals surface area contributed by atoms with Crippen molar-refractivity contribution >= 4 is 51.5 Å². The molecule has 0 aliphatic rings. The Balaban J connectivity index is 0.00000338. The molecule has 0 atom stereocenters. The number of benzene rings is 2. The van der Waals surface area contributed by atoms with Crippen LogP contribution >= 0.6 is 51.5 Å². The highest BCUT2D eigenvalue weighted by molar-refractivity contribution is 9.10. The molecule has 0 unspecified atom stereocenters. The normalized spacial score (nSPS) is 10.3. The summed E-state index contributed by atoms with van der Waals surface area (Å²) in [4.78, 5) is 0. The molecule has 0 spiro atoms. The van der Waals surface area contributed by atoms with Crippen molar-refractivity contribution in [3.8, 4) is 11.5 Å². The number of hydrogen-bond acceptors (Lipinski definition) is 4. The molecule has 1 N–H and O–H groups in total. The summed E-state index contributed by atoms with van der Waals surface area (Å²) in [5, 5.41) is 4.47. The quantitative estimate of drug-likeness (QED) is 0.476. The molecule has 0 aliphatic heterocycles. The molecule has 0 saturated carbocycles. The molecular weight excluding hydrogens is 464 g/mol. The molecule has 0 aromatic heterocycles. The van der Waals surface area contributed by atoms with Crippen molar-refractivity contribution < 1.29 is 14.2 Å². The van der Waals surface area contributed by atoms with Crippen LogP contribution in [0.25, 0.3) is 0 Å². The number of hydrogen-bond donors (Lipinski definition) is 1. The van der Waals surface area contributed by atoms with Gasteiger partial charge in [0.05, 0.1) is 18.2 Å². The lowest BCUT2D eigenvalue weighted by Crippen LogP contribution is -2.18. The molecule has 2 aromatic carbocycles. The van der Waals surface area contributed by atoms with Gasteiger partial charge in [0.15, 0.2) is 11.5 Å². The molecule has 0 bridgehead atoms. The van der Waals surface area contributed by atoms with E-state index in [1.807, 2.05) is 18.2 Å². The molecule has 0 heterocycles. The first-order chi connectivity index (χ1) is 12.0. The summed E-state index contributed by atoms with van der Waals surface area (Å²) in [5.74, 6) is 1.29. The van der Waals surface area contributed by atoms with Crippen LogP contribution in [0.1, 0.15) is 11.1 Å². The van der Waals surface area contributed by atoms with Crippen LogP contribution in [0.2, 0.25) is 10.0 Å². The topological polar surface area (TPSA) is 39.7 Å². The van der Waals surface area contributed by atoms with Crippen LogP contribution in [-0.2, 0) is 17.9 Å². The lowest BCUT2D eigenvalue weighted by atomic mass is 10.2. The predicted molar refractivity (Wildman–Crippen MR) is 112 cm³/mol. The van der Waals surface area contributed by atoms with Gasteiger partial charge in [-0.25, -0.2) is 0 Å². The zero-order chi connectivity index (χ0) is 18.2. The molecule has 26 heavy (non-hydrogen) atoms. The summed E-state index contributed by atoms with van der Waals surface area (Å²) in [6.45, 7) is 2.48. The van der Waals surface area contributed by atoms with Gasteiger partial charge >= 0.3 is 0 Å². The van der Waals surface area contributed by atoms with Gasteiger partial charge in [0.25, 0.3) is 0 Å². The first-order valence-electron chi connectivity index (χ1n) is 7.68. The second-order valence-electron chi connectivity index (χ2n) is 5.30. The third kappa shape index (κ3) is 6.80. The fourth-order valence-electron chi connectivity index (χ4n) is 2.21. The third-order valence-corrected chi connectivity index (χ3v) is 4.66. The Morgan fingerprint density at radius 1 is 1.12 bits per heavy atom. The highest BCUT2D eigenvalue weighted by Crippen LogP contribution is 2.37. The second kappa shape index (κ2) is 11.9. The number of nitrogens with one attached hydrogen (secondary N) is 1. The van der Waals surface area contributed by atoms with Crippen LogP contribution in [-0.4, -0.2) is 27.4 Å². The summed E-state index contributed by atoms with van der Waals surface area (Å²) in [6, 6.07) is 9.28. The highest BCUT2D eigenvalue weighted by Gasteiger charge is 2.13. The largest absolute Gasteiger partial charge is 0.493 e. The summed E-state index contributed by atoms with van der Waals surface area (Å²) in [6.07, 6.45) is 0. The monoisotopic (exact) mass is 483 g/mol. The molecule has 4 nitrogen and oxygen atoms in total. The van der Waals surface area contributed by atoms with Crippen LogP contribution in [0, 0.1) is 0 Å². The second-order valence-corrected chi connectivity index (χ2v) is 7.00. The molecule has 0 radical (unpaired) electrons. The van der Waals surface area contributed by atoms with Crippen molar-refractivity contribution in [3.63, 3.8) is 0 Å². The van der Waals surface area contributed by atoms with Gasteiger partial charge in [0.2, 0.25) is 0 Å². The molecule has 8 heteroatoms.